The van der Waals surface area contributed by atoms with Crippen molar-refractivity contribution < 1.29 is 14.3 Å². The van der Waals surface area contributed by atoms with Gasteiger partial charge in [-0.2, -0.15) is 0 Å². The topological polar surface area (TPSA) is 47.6 Å². The first-order valence-electron chi connectivity index (χ1n) is 8.41. The van der Waals surface area contributed by atoms with Gasteiger partial charge in [0.2, 0.25) is 0 Å². The number of carbonyl (C=O) groups is 1. The van der Waals surface area contributed by atoms with E-state index in [1.54, 1.807) is 19.2 Å². The summed E-state index contributed by atoms with van der Waals surface area (Å²) in [4.78, 5) is 12.6. The Bertz CT molecular complexity index is 728. The number of hydrogen-bond acceptors (Lipinski definition) is 3. The van der Waals surface area contributed by atoms with Crippen LogP contribution in [-0.2, 0) is 0 Å². The summed E-state index contributed by atoms with van der Waals surface area (Å²) >= 11 is 3.44. The van der Waals surface area contributed by atoms with Crippen LogP contribution in [0.1, 0.15) is 49.0 Å². The number of rotatable bonds is 7. The molecule has 1 N–H and O–H groups in total. The molecule has 1 amide bonds. The smallest absolute Gasteiger partial charge is 0.255 e. The van der Waals surface area contributed by atoms with Crippen LogP contribution < -0.4 is 14.8 Å². The number of halogens is 1. The van der Waals surface area contributed by atoms with Crippen molar-refractivity contribution in [3.63, 3.8) is 0 Å². The van der Waals surface area contributed by atoms with Gasteiger partial charge in [0.25, 0.3) is 5.91 Å². The third-order valence-electron chi connectivity index (χ3n) is 4.13. The largest absolute Gasteiger partial charge is 0.493 e. The highest BCUT2D eigenvalue weighted by Gasteiger charge is 2.15. The lowest BCUT2D eigenvalue weighted by atomic mass is 9.98. The third-order valence-corrected chi connectivity index (χ3v) is 4.72. The molecule has 2 aromatic carbocycles. The molecule has 0 saturated heterocycles. The molecule has 0 radical (unpaired) electrons. The van der Waals surface area contributed by atoms with E-state index in [0.717, 1.165) is 12.1 Å². The van der Waals surface area contributed by atoms with Gasteiger partial charge in [0.15, 0.2) is 11.5 Å². The Kier molecular flexibility index (Phi) is 6.88. The van der Waals surface area contributed by atoms with Gasteiger partial charge in [0, 0.05) is 11.3 Å². The fraction of sp³-hybridized carbons (Fsp3) is 0.350. The van der Waals surface area contributed by atoms with Crippen molar-refractivity contribution in [3.05, 3.63) is 52.0 Å². The lowest BCUT2D eigenvalue weighted by Gasteiger charge is -2.14. The minimum Gasteiger partial charge on any atom is -0.493 e. The van der Waals surface area contributed by atoms with Gasteiger partial charge < -0.3 is 14.8 Å². The Labute approximate surface area is 157 Å². The Hall–Kier alpha value is -2.01. The molecule has 0 saturated carbocycles. The molecule has 134 valence electrons. The van der Waals surface area contributed by atoms with Gasteiger partial charge in [-0.15, -0.1) is 0 Å². The van der Waals surface area contributed by atoms with E-state index in [4.69, 9.17) is 9.47 Å². The van der Waals surface area contributed by atoms with Crippen molar-refractivity contribution in [2.24, 2.45) is 0 Å². The summed E-state index contributed by atoms with van der Waals surface area (Å²) in [6, 6.07) is 11.4. The first-order valence-corrected chi connectivity index (χ1v) is 9.21. The van der Waals surface area contributed by atoms with Crippen LogP contribution in [0.15, 0.2) is 40.9 Å². The highest BCUT2D eigenvalue weighted by molar-refractivity contribution is 9.10. The molecule has 0 aromatic heterocycles. The summed E-state index contributed by atoms with van der Waals surface area (Å²) in [5.41, 5.74) is 2.53. The van der Waals surface area contributed by atoms with Gasteiger partial charge in [-0.1, -0.05) is 26.0 Å². The van der Waals surface area contributed by atoms with Crippen LogP contribution in [0.25, 0.3) is 0 Å². The summed E-state index contributed by atoms with van der Waals surface area (Å²) in [6.45, 7) is 6.77. The van der Waals surface area contributed by atoms with E-state index in [2.05, 4.69) is 47.2 Å². The lowest BCUT2D eigenvalue weighted by Crippen LogP contribution is -2.12. The van der Waals surface area contributed by atoms with Gasteiger partial charge in [-0.25, -0.2) is 0 Å². The fourth-order valence-electron chi connectivity index (χ4n) is 2.47. The number of methoxy groups -OCH3 is 1. The van der Waals surface area contributed by atoms with Crippen molar-refractivity contribution in [2.45, 2.75) is 33.1 Å². The molecule has 2 aromatic rings. The molecule has 1 atom stereocenters. The summed E-state index contributed by atoms with van der Waals surface area (Å²) in [7, 11) is 1.56. The average molecular weight is 406 g/mol. The molecule has 0 heterocycles. The molecule has 0 aliphatic carbocycles. The Morgan fingerprint density at radius 1 is 1.20 bits per heavy atom. The van der Waals surface area contributed by atoms with Crippen molar-refractivity contribution in [1.29, 1.82) is 0 Å². The number of ether oxygens (including phenoxy) is 2. The molecule has 5 heteroatoms. The second-order valence-corrected chi connectivity index (χ2v) is 6.66. The van der Waals surface area contributed by atoms with Crippen molar-refractivity contribution >= 4 is 27.5 Å². The molecule has 0 aliphatic rings. The number of hydrogen-bond donors (Lipinski definition) is 1. The van der Waals surface area contributed by atoms with Crippen molar-refractivity contribution in [1.82, 2.24) is 0 Å². The standard InChI is InChI=1S/C20H24BrNO3/c1-5-13(3)14-7-9-16(10-8-14)22-20(23)15-11-17(21)19(25-6-2)18(12-15)24-4/h7-13H,5-6H2,1-4H3,(H,22,23)/t13-/m0/s1. The van der Waals surface area contributed by atoms with E-state index in [-0.39, 0.29) is 5.91 Å². The minimum atomic E-state index is -0.196. The van der Waals surface area contributed by atoms with Crippen LogP contribution in [0.5, 0.6) is 11.5 Å². The normalized spacial score (nSPS) is 11.7. The second kappa shape index (κ2) is 8.90. The second-order valence-electron chi connectivity index (χ2n) is 5.81. The van der Waals surface area contributed by atoms with E-state index in [9.17, 15) is 4.79 Å². The summed E-state index contributed by atoms with van der Waals surface area (Å²) < 4.78 is 11.6. The van der Waals surface area contributed by atoms with Crippen LogP contribution in [0.4, 0.5) is 5.69 Å². The molecule has 0 fully saturated rings. The lowest BCUT2D eigenvalue weighted by molar-refractivity contribution is 0.102. The number of benzene rings is 2. The first-order chi connectivity index (χ1) is 12.0. The highest BCUT2D eigenvalue weighted by atomic mass is 79.9. The predicted octanol–water partition coefficient (Wildman–Crippen LogP) is 5.62. The first kappa shape index (κ1) is 19.3. The highest BCUT2D eigenvalue weighted by Crippen LogP contribution is 2.36. The molecular formula is C20H24BrNO3. The summed E-state index contributed by atoms with van der Waals surface area (Å²) in [6.07, 6.45) is 1.09. The molecule has 25 heavy (non-hydrogen) atoms. The van der Waals surface area contributed by atoms with Crippen LogP contribution >= 0.6 is 15.9 Å². The fourth-order valence-corrected chi connectivity index (χ4v) is 3.03. The minimum absolute atomic E-state index is 0.196. The maximum Gasteiger partial charge on any atom is 0.255 e. The molecule has 0 unspecified atom stereocenters. The van der Waals surface area contributed by atoms with Crippen LogP contribution in [0.2, 0.25) is 0 Å². The summed E-state index contributed by atoms with van der Waals surface area (Å²) in [5.74, 6) is 1.43. The van der Waals surface area contributed by atoms with Gasteiger partial charge in [-0.05, 0) is 65.0 Å². The van der Waals surface area contributed by atoms with Crippen molar-refractivity contribution in [2.75, 3.05) is 19.0 Å². The number of carbonyl (C=O) groups excluding carboxylic acids is 1. The molecule has 0 spiro atoms. The number of anilines is 1. The Balaban J connectivity index is 2.19. The SMILES string of the molecule is CCOc1c(Br)cc(C(=O)Nc2ccc([C@@H](C)CC)cc2)cc1OC. The third kappa shape index (κ3) is 4.75. The van der Waals surface area contributed by atoms with E-state index in [1.807, 2.05) is 19.1 Å². The van der Waals surface area contributed by atoms with Gasteiger partial charge in [0.05, 0.1) is 18.2 Å². The van der Waals surface area contributed by atoms with Crippen LogP contribution in [0, 0.1) is 0 Å². The Morgan fingerprint density at radius 3 is 2.44 bits per heavy atom. The van der Waals surface area contributed by atoms with Gasteiger partial charge in [0.1, 0.15) is 0 Å². The number of amides is 1. The Morgan fingerprint density at radius 2 is 1.88 bits per heavy atom. The molecule has 0 aliphatic heterocycles. The van der Waals surface area contributed by atoms with Crippen molar-refractivity contribution in [3.8, 4) is 11.5 Å². The van der Waals surface area contributed by atoms with Crippen LogP contribution in [0.3, 0.4) is 0 Å². The van der Waals surface area contributed by atoms with E-state index < -0.39 is 0 Å². The van der Waals surface area contributed by atoms with Gasteiger partial charge >= 0.3 is 0 Å². The summed E-state index contributed by atoms with van der Waals surface area (Å²) in [5, 5.41) is 2.92. The van der Waals surface area contributed by atoms with E-state index >= 15 is 0 Å². The van der Waals surface area contributed by atoms with E-state index in [0.29, 0.717) is 34.1 Å². The molecule has 0 bridgehead atoms. The monoisotopic (exact) mass is 405 g/mol. The zero-order chi connectivity index (χ0) is 18.4. The number of nitrogens with one attached hydrogen (secondary N) is 1. The maximum atomic E-state index is 12.6. The van der Waals surface area contributed by atoms with E-state index in [1.165, 1.54) is 5.56 Å². The average Bonchev–Trinajstić information content (AvgIpc) is 2.63. The quantitative estimate of drug-likeness (QED) is 0.649. The van der Waals surface area contributed by atoms with Gasteiger partial charge in [-0.3, -0.25) is 4.79 Å². The molecule has 2 rings (SSSR count). The predicted molar refractivity (Wildman–Crippen MR) is 105 cm³/mol. The molecule has 4 nitrogen and oxygen atoms in total. The molecular weight excluding hydrogens is 382 g/mol. The zero-order valence-corrected chi connectivity index (χ0v) is 16.6. The zero-order valence-electron chi connectivity index (χ0n) is 15.1. The van der Waals surface area contributed by atoms with Crippen LogP contribution in [-0.4, -0.2) is 19.6 Å². The maximum absolute atomic E-state index is 12.6.